The van der Waals surface area contributed by atoms with Crippen molar-refractivity contribution in [3.8, 4) is 0 Å². The zero-order valence-corrected chi connectivity index (χ0v) is 11.7. The predicted octanol–water partition coefficient (Wildman–Crippen LogP) is 3.34. The molecule has 0 saturated heterocycles. The van der Waals surface area contributed by atoms with Crippen LogP contribution in [0.4, 0.5) is 4.39 Å². The Morgan fingerprint density at radius 3 is 2.00 bits per heavy atom. The summed E-state index contributed by atoms with van der Waals surface area (Å²) in [6.45, 7) is 8.42. The lowest BCUT2D eigenvalue weighted by Crippen LogP contribution is -2.40. The Morgan fingerprint density at radius 1 is 1.11 bits per heavy atom. The van der Waals surface area contributed by atoms with Crippen LogP contribution >= 0.6 is 0 Å². The number of nitrogens with two attached hydrogens (primary N) is 1. The number of hydrogen-bond donors (Lipinski definition) is 1. The number of rotatable bonds is 7. The van der Waals surface area contributed by atoms with Gasteiger partial charge in [-0.1, -0.05) is 26.0 Å². The van der Waals surface area contributed by atoms with Crippen molar-refractivity contribution in [1.29, 1.82) is 0 Å². The molecule has 0 fully saturated rings. The van der Waals surface area contributed by atoms with Crippen LogP contribution in [0.5, 0.6) is 0 Å². The van der Waals surface area contributed by atoms with E-state index in [1.807, 2.05) is 19.1 Å². The van der Waals surface area contributed by atoms with Crippen molar-refractivity contribution in [1.82, 2.24) is 4.90 Å². The van der Waals surface area contributed by atoms with Crippen molar-refractivity contribution in [3.05, 3.63) is 35.6 Å². The second kappa shape index (κ2) is 7.49. The summed E-state index contributed by atoms with van der Waals surface area (Å²) in [7, 11) is 0. The third kappa shape index (κ3) is 4.07. The van der Waals surface area contributed by atoms with Gasteiger partial charge in [-0.15, -0.1) is 0 Å². The maximum Gasteiger partial charge on any atom is 0.123 e. The molecule has 1 aromatic rings. The molecule has 1 rings (SSSR count). The molecule has 1 aromatic carbocycles. The number of benzene rings is 1. The Kier molecular flexibility index (Phi) is 6.30. The molecule has 0 heterocycles. The molecule has 3 heteroatoms. The SMILES string of the molecule is CCCN(CCC)C(c1ccc(F)cc1)C(C)N. The summed E-state index contributed by atoms with van der Waals surface area (Å²) in [6, 6.07) is 6.93. The largest absolute Gasteiger partial charge is 0.326 e. The lowest BCUT2D eigenvalue weighted by molar-refractivity contribution is 0.176. The van der Waals surface area contributed by atoms with E-state index in [0.717, 1.165) is 31.5 Å². The van der Waals surface area contributed by atoms with E-state index < -0.39 is 0 Å². The molecule has 2 N–H and O–H groups in total. The van der Waals surface area contributed by atoms with Crippen LogP contribution in [0, 0.1) is 5.82 Å². The van der Waals surface area contributed by atoms with Crippen molar-refractivity contribution in [2.75, 3.05) is 13.1 Å². The first kappa shape index (κ1) is 15.1. The first-order chi connectivity index (χ1) is 8.60. The third-order valence-electron chi connectivity index (χ3n) is 3.12. The molecule has 0 radical (unpaired) electrons. The molecular weight excluding hydrogens is 227 g/mol. The van der Waals surface area contributed by atoms with Crippen molar-refractivity contribution in [2.45, 2.75) is 45.7 Å². The van der Waals surface area contributed by atoms with E-state index in [0.29, 0.717) is 0 Å². The van der Waals surface area contributed by atoms with Gasteiger partial charge in [-0.05, 0) is 50.6 Å². The second-order valence-corrected chi connectivity index (χ2v) is 4.89. The molecule has 2 nitrogen and oxygen atoms in total. The summed E-state index contributed by atoms with van der Waals surface area (Å²) in [5.74, 6) is -0.195. The molecule has 2 unspecified atom stereocenters. The highest BCUT2D eigenvalue weighted by Gasteiger charge is 2.22. The predicted molar refractivity (Wildman–Crippen MR) is 74.9 cm³/mol. The zero-order valence-electron chi connectivity index (χ0n) is 11.7. The first-order valence-electron chi connectivity index (χ1n) is 6.85. The van der Waals surface area contributed by atoms with E-state index in [1.54, 1.807) is 0 Å². The molecule has 0 aliphatic carbocycles. The fraction of sp³-hybridized carbons (Fsp3) is 0.600. The molecule has 0 amide bonds. The minimum atomic E-state index is -0.195. The molecule has 102 valence electrons. The summed E-state index contributed by atoms with van der Waals surface area (Å²) in [5.41, 5.74) is 7.24. The van der Waals surface area contributed by atoms with Gasteiger partial charge >= 0.3 is 0 Å². The minimum absolute atomic E-state index is 0.0357. The van der Waals surface area contributed by atoms with Gasteiger partial charge in [-0.25, -0.2) is 4.39 Å². The van der Waals surface area contributed by atoms with Gasteiger partial charge in [0, 0.05) is 12.1 Å². The Bertz CT molecular complexity index is 329. The van der Waals surface area contributed by atoms with Crippen LogP contribution in [0.1, 0.15) is 45.2 Å². The van der Waals surface area contributed by atoms with Crippen LogP contribution in [-0.2, 0) is 0 Å². The maximum atomic E-state index is 13.0. The Balaban J connectivity index is 2.95. The quantitative estimate of drug-likeness (QED) is 0.806. The van der Waals surface area contributed by atoms with Gasteiger partial charge in [0.1, 0.15) is 5.82 Å². The molecular formula is C15H25FN2. The molecule has 0 bridgehead atoms. The van der Waals surface area contributed by atoms with Crippen molar-refractivity contribution < 1.29 is 4.39 Å². The molecule has 18 heavy (non-hydrogen) atoms. The molecule has 0 aliphatic rings. The Morgan fingerprint density at radius 2 is 1.61 bits per heavy atom. The summed E-state index contributed by atoms with van der Waals surface area (Å²) in [4.78, 5) is 2.40. The average molecular weight is 252 g/mol. The van der Waals surface area contributed by atoms with Crippen LogP contribution < -0.4 is 5.73 Å². The second-order valence-electron chi connectivity index (χ2n) is 4.89. The molecule has 2 atom stereocenters. The van der Waals surface area contributed by atoms with Crippen LogP contribution in [0.3, 0.4) is 0 Å². The fourth-order valence-corrected chi connectivity index (χ4v) is 2.47. The Labute approximate surface area is 110 Å². The van der Waals surface area contributed by atoms with E-state index in [-0.39, 0.29) is 17.9 Å². The average Bonchev–Trinajstić information content (AvgIpc) is 2.32. The monoisotopic (exact) mass is 252 g/mol. The number of nitrogens with zero attached hydrogens (tertiary/aromatic N) is 1. The Hall–Kier alpha value is -0.930. The maximum absolute atomic E-state index is 13.0. The molecule has 0 spiro atoms. The van der Waals surface area contributed by atoms with Gasteiger partial charge in [0.05, 0.1) is 0 Å². The molecule has 0 aromatic heterocycles. The molecule has 0 aliphatic heterocycles. The minimum Gasteiger partial charge on any atom is -0.326 e. The van der Waals surface area contributed by atoms with Crippen molar-refractivity contribution in [3.63, 3.8) is 0 Å². The third-order valence-corrected chi connectivity index (χ3v) is 3.12. The lowest BCUT2D eigenvalue weighted by Gasteiger charge is -2.34. The first-order valence-corrected chi connectivity index (χ1v) is 6.85. The van der Waals surface area contributed by atoms with E-state index in [9.17, 15) is 4.39 Å². The van der Waals surface area contributed by atoms with Crippen LogP contribution in [0.25, 0.3) is 0 Å². The lowest BCUT2D eigenvalue weighted by atomic mass is 9.98. The van der Waals surface area contributed by atoms with Gasteiger partial charge in [-0.3, -0.25) is 4.90 Å². The van der Waals surface area contributed by atoms with E-state index in [1.165, 1.54) is 12.1 Å². The highest BCUT2D eigenvalue weighted by molar-refractivity contribution is 5.21. The van der Waals surface area contributed by atoms with Gasteiger partial charge < -0.3 is 5.73 Å². The summed E-state index contributed by atoms with van der Waals surface area (Å²) < 4.78 is 13.0. The highest BCUT2D eigenvalue weighted by Crippen LogP contribution is 2.24. The standard InChI is InChI=1S/C15H25FN2/c1-4-10-18(11-5-2)15(12(3)17)13-6-8-14(16)9-7-13/h6-9,12,15H,4-5,10-11,17H2,1-3H3. The summed E-state index contributed by atoms with van der Waals surface area (Å²) in [6.07, 6.45) is 2.20. The fourth-order valence-electron chi connectivity index (χ4n) is 2.47. The topological polar surface area (TPSA) is 29.3 Å². The van der Waals surface area contributed by atoms with E-state index in [2.05, 4.69) is 18.7 Å². The van der Waals surface area contributed by atoms with Crippen LogP contribution in [0.15, 0.2) is 24.3 Å². The normalized spacial score (nSPS) is 14.8. The molecule has 0 saturated carbocycles. The summed E-state index contributed by atoms with van der Waals surface area (Å²) in [5, 5.41) is 0. The van der Waals surface area contributed by atoms with E-state index in [4.69, 9.17) is 5.73 Å². The number of halogens is 1. The number of hydrogen-bond acceptors (Lipinski definition) is 2. The summed E-state index contributed by atoms with van der Waals surface area (Å²) >= 11 is 0. The van der Waals surface area contributed by atoms with Crippen molar-refractivity contribution in [2.24, 2.45) is 5.73 Å². The van der Waals surface area contributed by atoms with Crippen molar-refractivity contribution >= 4 is 0 Å². The highest BCUT2D eigenvalue weighted by atomic mass is 19.1. The van der Waals surface area contributed by atoms with Crippen LogP contribution in [-0.4, -0.2) is 24.0 Å². The zero-order chi connectivity index (χ0) is 13.5. The smallest absolute Gasteiger partial charge is 0.123 e. The van der Waals surface area contributed by atoms with Gasteiger partial charge in [0.15, 0.2) is 0 Å². The van der Waals surface area contributed by atoms with E-state index >= 15 is 0 Å². The van der Waals surface area contributed by atoms with Gasteiger partial charge in [0.25, 0.3) is 0 Å². The van der Waals surface area contributed by atoms with Gasteiger partial charge in [0.2, 0.25) is 0 Å². The van der Waals surface area contributed by atoms with Crippen LogP contribution in [0.2, 0.25) is 0 Å². The van der Waals surface area contributed by atoms with Gasteiger partial charge in [-0.2, -0.15) is 0 Å².